The van der Waals surface area contributed by atoms with Crippen molar-refractivity contribution in [3.05, 3.63) is 65.7 Å². The van der Waals surface area contributed by atoms with Gasteiger partial charge in [0.1, 0.15) is 17.1 Å². The lowest BCUT2D eigenvalue weighted by Crippen LogP contribution is -2.52. The molecule has 2 aromatic carbocycles. The van der Waals surface area contributed by atoms with Crippen LogP contribution in [0.1, 0.15) is 28.8 Å². The Morgan fingerprint density at radius 3 is 2.37 bits per heavy atom. The molecule has 2 heterocycles. The van der Waals surface area contributed by atoms with Crippen LogP contribution in [0.25, 0.3) is 0 Å². The van der Waals surface area contributed by atoms with Crippen molar-refractivity contribution in [2.24, 2.45) is 4.99 Å². The number of carbonyl (C=O) groups is 2. The summed E-state index contributed by atoms with van der Waals surface area (Å²) in [6.45, 7) is 1.13. The molecule has 1 spiro atoms. The van der Waals surface area contributed by atoms with E-state index in [1.807, 2.05) is 59.5 Å². The average molecular weight is 363 g/mol. The van der Waals surface area contributed by atoms with Crippen LogP contribution < -0.4 is 10.1 Å². The molecule has 2 aliphatic rings. The van der Waals surface area contributed by atoms with Crippen molar-refractivity contribution in [3.8, 4) is 5.75 Å². The average Bonchev–Trinajstić information content (AvgIpc) is 3.04. The zero-order valence-corrected chi connectivity index (χ0v) is 15.1. The van der Waals surface area contributed by atoms with E-state index < -0.39 is 5.66 Å². The number of benzene rings is 2. The van der Waals surface area contributed by atoms with Crippen LogP contribution >= 0.6 is 0 Å². The second-order valence-electron chi connectivity index (χ2n) is 6.83. The lowest BCUT2D eigenvalue weighted by molar-refractivity contribution is -0.115. The van der Waals surface area contributed by atoms with Gasteiger partial charge in [0, 0.05) is 37.1 Å². The van der Waals surface area contributed by atoms with Crippen molar-refractivity contribution >= 4 is 17.5 Å². The first-order valence-corrected chi connectivity index (χ1v) is 9.01. The molecular formula is C21H21N3O3. The van der Waals surface area contributed by atoms with Crippen molar-refractivity contribution in [1.29, 1.82) is 0 Å². The second-order valence-corrected chi connectivity index (χ2v) is 6.83. The van der Waals surface area contributed by atoms with Gasteiger partial charge in [0.25, 0.3) is 11.8 Å². The van der Waals surface area contributed by atoms with Crippen LogP contribution in [0.2, 0.25) is 0 Å². The Morgan fingerprint density at radius 2 is 1.74 bits per heavy atom. The molecule has 0 unspecified atom stereocenters. The number of likely N-dealkylation sites (tertiary alicyclic amines) is 1. The standard InChI is InChI=1S/C21H21N3O3/c1-27-17-9-7-15(8-10-17)18-19(25)23-21(22-18)11-13-24(14-12-21)20(26)16-5-3-2-4-6-16/h2-10H,11-14H2,1H3,(H,23,25). The molecule has 2 aromatic rings. The van der Waals surface area contributed by atoms with Gasteiger partial charge in [-0.1, -0.05) is 18.2 Å². The van der Waals surface area contributed by atoms with Gasteiger partial charge in [0.15, 0.2) is 0 Å². The van der Waals surface area contributed by atoms with Crippen LogP contribution in [0.5, 0.6) is 5.75 Å². The number of nitrogens with one attached hydrogen (secondary N) is 1. The summed E-state index contributed by atoms with van der Waals surface area (Å²) in [6, 6.07) is 16.6. The van der Waals surface area contributed by atoms with Crippen LogP contribution in [-0.4, -0.2) is 48.3 Å². The second kappa shape index (κ2) is 6.87. The van der Waals surface area contributed by atoms with Crippen LogP contribution in [0.15, 0.2) is 59.6 Å². The number of rotatable bonds is 3. The van der Waals surface area contributed by atoms with Crippen molar-refractivity contribution in [1.82, 2.24) is 10.2 Å². The third-order valence-corrected chi connectivity index (χ3v) is 5.15. The quantitative estimate of drug-likeness (QED) is 0.909. The van der Waals surface area contributed by atoms with Crippen molar-refractivity contribution < 1.29 is 14.3 Å². The maximum atomic E-state index is 12.6. The van der Waals surface area contributed by atoms with Gasteiger partial charge in [0.2, 0.25) is 0 Å². The van der Waals surface area contributed by atoms with Gasteiger partial charge in [-0.2, -0.15) is 0 Å². The molecule has 138 valence electrons. The molecule has 2 amide bonds. The third-order valence-electron chi connectivity index (χ3n) is 5.15. The molecule has 27 heavy (non-hydrogen) atoms. The zero-order valence-electron chi connectivity index (χ0n) is 15.1. The number of amides is 2. The Hall–Kier alpha value is -3.15. The molecule has 0 radical (unpaired) electrons. The zero-order chi connectivity index (χ0) is 18.9. The molecule has 0 aliphatic carbocycles. The summed E-state index contributed by atoms with van der Waals surface area (Å²) in [5.41, 5.74) is 1.29. The Morgan fingerprint density at radius 1 is 1.07 bits per heavy atom. The number of piperidine rings is 1. The smallest absolute Gasteiger partial charge is 0.272 e. The highest BCUT2D eigenvalue weighted by atomic mass is 16.5. The largest absolute Gasteiger partial charge is 0.497 e. The first-order valence-electron chi connectivity index (χ1n) is 9.01. The van der Waals surface area contributed by atoms with Crippen LogP contribution in [0.3, 0.4) is 0 Å². The van der Waals surface area contributed by atoms with Gasteiger partial charge in [-0.25, -0.2) is 0 Å². The van der Waals surface area contributed by atoms with Crippen molar-refractivity contribution in [2.45, 2.75) is 18.5 Å². The molecule has 0 atom stereocenters. The van der Waals surface area contributed by atoms with E-state index in [1.165, 1.54) is 0 Å². The van der Waals surface area contributed by atoms with Crippen molar-refractivity contribution in [2.75, 3.05) is 20.2 Å². The normalized spacial score (nSPS) is 18.2. The molecule has 1 saturated heterocycles. The van der Waals surface area contributed by atoms with E-state index >= 15 is 0 Å². The van der Waals surface area contributed by atoms with Crippen LogP contribution in [-0.2, 0) is 4.79 Å². The van der Waals surface area contributed by atoms with Crippen LogP contribution in [0, 0.1) is 0 Å². The molecule has 0 bridgehead atoms. The third kappa shape index (κ3) is 3.30. The molecule has 0 aromatic heterocycles. The minimum absolute atomic E-state index is 0.0223. The summed E-state index contributed by atoms with van der Waals surface area (Å²) >= 11 is 0. The minimum Gasteiger partial charge on any atom is -0.497 e. The predicted molar refractivity (Wildman–Crippen MR) is 102 cm³/mol. The first-order chi connectivity index (χ1) is 13.1. The minimum atomic E-state index is -0.611. The summed E-state index contributed by atoms with van der Waals surface area (Å²) in [5, 5.41) is 3.03. The number of ether oxygens (including phenoxy) is 1. The monoisotopic (exact) mass is 363 g/mol. The number of carbonyl (C=O) groups excluding carboxylic acids is 2. The van der Waals surface area contributed by atoms with Crippen molar-refractivity contribution in [3.63, 3.8) is 0 Å². The molecule has 0 saturated carbocycles. The molecular weight excluding hydrogens is 342 g/mol. The van der Waals surface area contributed by atoms with E-state index in [2.05, 4.69) is 5.32 Å². The molecule has 6 nitrogen and oxygen atoms in total. The summed E-state index contributed by atoms with van der Waals surface area (Å²) in [7, 11) is 1.61. The van der Waals surface area contributed by atoms with Gasteiger partial charge >= 0.3 is 0 Å². The summed E-state index contributed by atoms with van der Waals surface area (Å²) in [4.78, 5) is 31.6. The fourth-order valence-electron chi connectivity index (χ4n) is 3.59. The highest BCUT2D eigenvalue weighted by Gasteiger charge is 2.42. The van der Waals surface area contributed by atoms with E-state index in [-0.39, 0.29) is 11.8 Å². The number of hydrogen-bond donors (Lipinski definition) is 1. The van der Waals surface area contributed by atoms with E-state index in [9.17, 15) is 9.59 Å². The van der Waals surface area contributed by atoms with Gasteiger partial charge in [0.05, 0.1) is 7.11 Å². The summed E-state index contributed by atoms with van der Waals surface area (Å²) in [5.74, 6) is 0.595. The van der Waals surface area contributed by atoms with Gasteiger partial charge in [-0.15, -0.1) is 0 Å². The maximum absolute atomic E-state index is 12.6. The molecule has 1 N–H and O–H groups in total. The molecule has 1 fully saturated rings. The fraction of sp³-hybridized carbons (Fsp3) is 0.286. The lowest BCUT2D eigenvalue weighted by atomic mass is 9.97. The first kappa shape index (κ1) is 17.3. The Labute approximate surface area is 157 Å². The molecule has 4 rings (SSSR count). The maximum Gasteiger partial charge on any atom is 0.272 e. The van der Waals surface area contributed by atoms with Crippen LogP contribution in [0.4, 0.5) is 0 Å². The Bertz CT molecular complexity index is 883. The lowest BCUT2D eigenvalue weighted by Gasteiger charge is -2.37. The number of methoxy groups -OCH3 is 1. The highest BCUT2D eigenvalue weighted by molar-refractivity contribution is 6.46. The van der Waals surface area contributed by atoms with Gasteiger partial charge in [-0.05, 0) is 36.4 Å². The highest BCUT2D eigenvalue weighted by Crippen LogP contribution is 2.29. The number of hydrogen-bond acceptors (Lipinski definition) is 4. The summed E-state index contributed by atoms with van der Waals surface area (Å²) in [6.07, 6.45) is 1.22. The fourth-order valence-corrected chi connectivity index (χ4v) is 3.59. The number of aliphatic imine (C=N–C) groups is 1. The van der Waals surface area contributed by atoms with E-state index in [0.29, 0.717) is 37.2 Å². The Balaban J connectivity index is 1.48. The van der Waals surface area contributed by atoms with E-state index in [0.717, 1.165) is 11.3 Å². The number of nitrogens with zero attached hydrogens (tertiary/aromatic N) is 2. The van der Waals surface area contributed by atoms with E-state index in [4.69, 9.17) is 9.73 Å². The van der Waals surface area contributed by atoms with Gasteiger partial charge in [-0.3, -0.25) is 14.6 Å². The Kier molecular flexibility index (Phi) is 4.39. The SMILES string of the molecule is COc1ccc(C2=NC3(CCN(C(=O)c4ccccc4)CC3)NC2=O)cc1. The molecule has 2 aliphatic heterocycles. The predicted octanol–water partition coefficient (Wildman–Crippen LogP) is 2.25. The topological polar surface area (TPSA) is 71.0 Å². The van der Waals surface area contributed by atoms with Gasteiger partial charge < -0.3 is 15.0 Å². The molecule has 6 heteroatoms. The summed E-state index contributed by atoms with van der Waals surface area (Å²) < 4.78 is 5.16. The van der Waals surface area contributed by atoms with E-state index in [1.54, 1.807) is 7.11 Å².